The summed E-state index contributed by atoms with van der Waals surface area (Å²) >= 11 is 0. The van der Waals surface area contributed by atoms with Gasteiger partial charge in [0.15, 0.2) is 23.0 Å². The topological polar surface area (TPSA) is 73.6 Å². The summed E-state index contributed by atoms with van der Waals surface area (Å²) in [6.45, 7) is 0.185. The van der Waals surface area contributed by atoms with E-state index in [9.17, 15) is 4.79 Å². The molecule has 1 aliphatic carbocycles. The van der Waals surface area contributed by atoms with E-state index in [1.807, 2.05) is 24.3 Å². The van der Waals surface area contributed by atoms with Crippen LogP contribution in [0.2, 0.25) is 0 Å². The second-order valence-electron chi connectivity index (χ2n) is 6.28. The first-order valence-corrected chi connectivity index (χ1v) is 8.78. The number of ether oxygens (including phenoxy) is 2. The quantitative estimate of drug-likeness (QED) is 0.809. The van der Waals surface area contributed by atoms with E-state index in [0.29, 0.717) is 23.0 Å². The largest absolute Gasteiger partial charge is 0.493 e. The lowest BCUT2D eigenvalue weighted by molar-refractivity contribution is 0.0924. The predicted molar refractivity (Wildman–Crippen MR) is 92.8 cm³/mol. The summed E-state index contributed by atoms with van der Waals surface area (Å²) in [5, 5.41) is 6.92. The fraction of sp³-hybridized carbons (Fsp3) is 0.474. The Morgan fingerprint density at radius 2 is 1.92 bits per heavy atom. The Balaban J connectivity index is 1.55. The van der Waals surface area contributed by atoms with Crippen molar-refractivity contribution in [2.75, 3.05) is 7.11 Å². The molecule has 1 aliphatic rings. The van der Waals surface area contributed by atoms with Gasteiger partial charge in [-0.3, -0.25) is 4.79 Å². The van der Waals surface area contributed by atoms with Crippen molar-refractivity contribution in [3.05, 3.63) is 41.8 Å². The summed E-state index contributed by atoms with van der Waals surface area (Å²) < 4.78 is 16.1. The number of hydrogen-bond acceptors (Lipinski definition) is 5. The van der Waals surface area contributed by atoms with Gasteiger partial charge in [0, 0.05) is 12.1 Å². The SMILES string of the molecule is COc1ccccc1OCc1cc(C(=O)NC2CCCCCC2)no1. The summed E-state index contributed by atoms with van der Waals surface area (Å²) in [4.78, 5) is 12.3. The first kappa shape index (κ1) is 17.3. The van der Waals surface area contributed by atoms with Gasteiger partial charge in [-0.2, -0.15) is 0 Å². The highest BCUT2D eigenvalue weighted by molar-refractivity contribution is 5.92. The Kier molecular flexibility index (Phi) is 5.93. The first-order valence-electron chi connectivity index (χ1n) is 8.78. The van der Waals surface area contributed by atoms with Crippen molar-refractivity contribution in [3.63, 3.8) is 0 Å². The van der Waals surface area contributed by atoms with Gasteiger partial charge in [0.05, 0.1) is 7.11 Å². The van der Waals surface area contributed by atoms with E-state index in [4.69, 9.17) is 14.0 Å². The lowest BCUT2D eigenvalue weighted by Crippen LogP contribution is -2.34. The average Bonchev–Trinajstić information content (AvgIpc) is 2.97. The maximum atomic E-state index is 12.3. The highest BCUT2D eigenvalue weighted by atomic mass is 16.5. The number of carbonyl (C=O) groups excluding carboxylic acids is 1. The molecule has 0 aliphatic heterocycles. The molecule has 1 N–H and O–H groups in total. The van der Waals surface area contributed by atoms with E-state index >= 15 is 0 Å². The van der Waals surface area contributed by atoms with Crippen LogP contribution in [0.25, 0.3) is 0 Å². The van der Waals surface area contributed by atoms with Gasteiger partial charge in [-0.05, 0) is 25.0 Å². The molecule has 0 radical (unpaired) electrons. The number of para-hydroxylation sites is 2. The predicted octanol–water partition coefficient (Wildman–Crippen LogP) is 3.71. The van der Waals surface area contributed by atoms with Crippen LogP contribution in [0.15, 0.2) is 34.9 Å². The third-order valence-electron chi connectivity index (χ3n) is 4.42. The Bertz CT molecular complexity index is 690. The molecule has 0 saturated heterocycles. The van der Waals surface area contributed by atoms with Gasteiger partial charge >= 0.3 is 0 Å². The summed E-state index contributed by atoms with van der Waals surface area (Å²) in [6.07, 6.45) is 6.91. The number of carbonyl (C=O) groups is 1. The highest BCUT2D eigenvalue weighted by Gasteiger charge is 2.19. The smallest absolute Gasteiger partial charge is 0.273 e. The minimum absolute atomic E-state index is 0.181. The van der Waals surface area contributed by atoms with Crippen LogP contribution in [-0.4, -0.2) is 24.2 Å². The maximum absolute atomic E-state index is 12.3. The van der Waals surface area contributed by atoms with Crippen LogP contribution in [0.1, 0.15) is 54.8 Å². The highest BCUT2D eigenvalue weighted by Crippen LogP contribution is 2.26. The summed E-state index contributed by atoms with van der Waals surface area (Å²) in [5.41, 5.74) is 0.294. The molecule has 1 amide bonds. The second kappa shape index (κ2) is 8.55. The van der Waals surface area contributed by atoms with Crippen LogP contribution < -0.4 is 14.8 Å². The number of amides is 1. The standard InChI is InChI=1S/C19H24N2O4/c1-23-17-10-6-7-11-18(17)24-13-15-12-16(21-25-15)19(22)20-14-8-4-2-3-5-9-14/h6-7,10-12,14H,2-5,8-9,13H2,1H3,(H,20,22). The molecule has 1 saturated carbocycles. The zero-order valence-electron chi connectivity index (χ0n) is 14.5. The van der Waals surface area contributed by atoms with Crippen molar-refractivity contribution in [1.29, 1.82) is 0 Å². The molecule has 0 spiro atoms. The lowest BCUT2D eigenvalue weighted by atomic mass is 10.1. The molecule has 1 aromatic carbocycles. The van der Waals surface area contributed by atoms with Crippen molar-refractivity contribution in [3.8, 4) is 11.5 Å². The van der Waals surface area contributed by atoms with Crippen molar-refractivity contribution >= 4 is 5.91 Å². The molecular formula is C19H24N2O4. The van der Waals surface area contributed by atoms with Gasteiger partial charge in [0.2, 0.25) is 0 Å². The molecule has 6 nitrogen and oxygen atoms in total. The molecule has 1 aromatic heterocycles. The maximum Gasteiger partial charge on any atom is 0.273 e. The van der Waals surface area contributed by atoms with Crippen molar-refractivity contribution < 1.29 is 18.8 Å². The number of nitrogens with one attached hydrogen (secondary N) is 1. The van der Waals surface area contributed by atoms with Gasteiger partial charge in [0.25, 0.3) is 5.91 Å². The average molecular weight is 344 g/mol. The Labute approximate surface area is 147 Å². The summed E-state index contributed by atoms with van der Waals surface area (Å²) in [6, 6.07) is 9.23. The normalized spacial score (nSPS) is 15.4. The van der Waals surface area contributed by atoms with E-state index in [1.165, 1.54) is 25.7 Å². The molecule has 0 atom stereocenters. The molecule has 134 valence electrons. The molecular weight excluding hydrogens is 320 g/mol. The third-order valence-corrected chi connectivity index (χ3v) is 4.42. The summed E-state index contributed by atoms with van der Waals surface area (Å²) in [5.74, 6) is 1.58. The van der Waals surface area contributed by atoms with E-state index in [-0.39, 0.29) is 18.6 Å². The first-order chi connectivity index (χ1) is 12.3. The van der Waals surface area contributed by atoms with Crippen LogP contribution in [0, 0.1) is 0 Å². The van der Waals surface area contributed by atoms with Gasteiger partial charge in [-0.1, -0.05) is 43.0 Å². The number of hydrogen-bond donors (Lipinski definition) is 1. The molecule has 1 heterocycles. The van der Waals surface area contributed by atoms with Gasteiger partial charge in [-0.25, -0.2) is 0 Å². The molecule has 3 rings (SSSR count). The minimum Gasteiger partial charge on any atom is -0.493 e. The summed E-state index contributed by atoms with van der Waals surface area (Å²) in [7, 11) is 1.59. The van der Waals surface area contributed by atoms with Crippen LogP contribution >= 0.6 is 0 Å². The van der Waals surface area contributed by atoms with E-state index in [1.54, 1.807) is 13.2 Å². The number of rotatable bonds is 6. The number of benzene rings is 1. The van der Waals surface area contributed by atoms with Crippen LogP contribution in [0.4, 0.5) is 0 Å². The molecule has 2 aromatic rings. The number of nitrogens with zero attached hydrogens (tertiary/aromatic N) is 1. The lowest BCUT2D eigenvalue weighted by Gasteiger charge is -2.14. The van der Waals surface area contributed by atoms with Gasteiger partial charge < -0.3 is 19.3 Å². The van der Waals surface area contributed by atoms with E-state index in [2.05, 4.69) is 10.5 Å². The molecule has 0 unspecified atom stereocenters. The minimum atomic E-state index is -0.181. The number of aromatic nitrogens is 1. The molecule has 6 heteroatoms. The zero-order valence-corrected chi connectivity index (χ0v) is 14.5. The van der Waals surface area contributed by atoms with Gasteiger partial charge in [-0.15, -0.1) is 0 Å². The Hall–Kier alpha value is -2.50. The second-order valence-corrected chi connectivity index (χ2v) is 6.28. The van der Waals surface area contributed by atoms with Crippen molar-refractivity contribution in [2.45, 2.75) is 51.2 Å². The zero-order chi connectivity index (χ0) is 17.5. The van der Waals surface area contributed by atoms with Crippen LogP contribution in [-0.2, 0) is 6.61 Å². The van der Waals surface area contributed by atoms with Gasteiger partial charge in [0.1, 0.15) is 6.61 Å². The van der Waals surface area contributed by atoms with E-state index < -0.39 is 0 Å². The van der Waals surface area contributed by atoms with Crippen molar-refractivity contribution in [2.24, 2.45) is 0 Å². The molecule has 0 bridgehead atoms. The third kappa shape index (κ3) is 4.75. The molecule has 25 heavy (non-hydrogen) atoms. The monoisotopic (exact) mass is 344 g/mol. The molecule has 1 fully saturated rings. The van der Waals surface area contributed by atoms with Crippen LogP contribution in [0.3, 0.4) is 0 Å². The Morgan fingerprint density at radius 1 is 1.20 bits per heavy atom. The fourth-order valence-electron chi connectivity index (χ4n) is 3.06. The van der Waals surface area contributed by atoms with Crippen LogP contribution in [0.5, 0.6) is 11.5 Å². The van der Waals surface area contributed by atoms with Crippen molar-refractivity contribution in [1.82, 2.24) is 10.5 Å². The fourth-order valence-corrected chi connectivity index (χ4v) is 3.06. The Morgan fingerprint density at radius 3 is 2.64 bits per heavy atom. The number of methoxy groups -OCH3 is 1. The van der Waals surface area contributed by atoms with E-state index in [0.717, 1.165) is 12.8 Å².